The second-order valence-corrected chi connectivity index (χ2v) is 8.52. The number of ether oxygens (including phenoxy) is 2. The molecule has 0 aliphatic carbocycles. The molecule has 33 heavy (non-hydrogen) atoms. The van der Waals surface area contributed by atoms with Gasteiger partial charge in [-0.25, -0.2) is 0 Å². The predicted molar refractivity (Wildman–Crippen MR) is 124 cm³/mol. The fraction of sp³-hybridized carbons (Fsp3) is 0.130. The van der Waals surface area contributed by atoms with Crippen LogP contribution in [0, 0.1) is 10.1 Å². The van der Waals surface area contributed by atoms with Gasteiger partial charge in [-0.3, -0.25) is 19.7 Å². The van der Waals surface area contributed by atoms with E-state index in [9.17, 15) is 19.7 Å². The van der Waals surface area contributed by atoms with Crippen LogP contribution in [0.15, 0.2) is 71.6 Å². The molecule has 2 amide bonds. The van der Waals surface area contributed by atoms with E-state index in [2.05, 4.69) is 10.6 Å². The van der Waals surface area contributed by atoms with Crippen LogP contribution in [0.1, 0.15) is 17.3 Å². The third-order valence-electron chi connectivity index (χ3n) is 4.75. The van der Waals surface area contributed by atoms with E-state index in [4.69, 9.17) is 9.47 Å². The van der Waals surface area contributed by atoms with Gasteiger partial charge in [0.2, 0.25) is 12.7 Å². The summed E-state index contributed by atoms with van der Waals surface area (Å²) in [5, 5.41) is 16.0. The zero-order chi connectivity index (χ0) is 23.4. The second-order valence-electron chi connectivity index (χ2n) is 7.10. The van der Waals surface area contributed by atoms with Crippen LogP contribution in [0.4, 0.5) is 17.1 Å². The Kier molecular flexibility index (Phi) is 6.45. The monoisotopic (exact) mass is 465 g/mol. The van der Waals surface area contributed by atoms with E-state index in [1.807, 2.05) is 6.07 Å². The Balaban J connectivity index is 1.36. The van der Waals surface area contributed by atoms with Crippen LogP contribution >= 0.6 is 11.8 Å². The van der Waals surface area contributed by atoms with Crippen molar-refractivity contribution in [3.8, 4) is 11.5 Å². The number of hydrogen-bond acceptors (Lipinski definition) is 7. The first kappa shape index (κ1) is 22.2. The molecule has 0 aromatic heterocycles. The molecule has 3 aromatic carbocycles. The van der Waals surface area contributed by atoms with Crippen LogP contribution in [-0.4, -0.2) is 28.8 Å². The summed E-state index contributed by atoms with van der Waals surface area (Å²) in [6.45, 7) is 1.95. The third-order valence-corrected chi connectivity index (χ3v) is 5.85. The number of rotatable bonds is 7. The maximum Gasteiger partial charge on any atom is 0.269 e. The van der Waals surface area contributed by atoms with Crippen LogP contribution in [0.2, 0.25) is 0 Å². The van der Waals surface area contributed by atoms with E-state index < -0.39 is 10.2 Å². The van der Waals surface area contributed by atoms with Crippen molar-refractivity contribution < 1.29 is 24.0 Å². The highest BCUT2D eigenvalue weighted by Gasteiger charge is 2.18. The Labute approximate surface area is 193 Å². The van der Waals surface area contributed by atoms with Gasteiger partial charge in [0.1, 0.15) is 0 Å². The Bertz CT molecular complexity index is 1220. The molecule has 3 aromatic rings. The Morgan fingerprint density at radius 1 is 0.970 bits per heavy atom. The van der Waals surface area contributed by atoms with Crippen molar-refractivity contribution >= 4 is 40.6 Å². The van der Waals surface area contributed by atoms with E-state index in [1.165, 1.54) is 36.0 Å². The van der Waals surface area contributed by atoms with Crippen molar-refractivity contribution in [2.75, 3.05) is 17.4 Å². The number of nitro groups is 1. The lowest BCUT2D eigenvalue weighted by molar-refractivity contribution is -0.384. The largest absolute Gasteiger partial charge is 0.454 e. The molecule has 1 aliphatic rings. The SMILES string of the molecule is CC(Sc1cccc(NC(=O)c2ccc([N+](=O)[O-])cc2)c1)C(=O)Nc1ccc2c(c1)OCO2. The van der Waals surface area contributed by atoms with E-state index >= 15 is 0 Å². The van der Waals surface area contributed by atoms with E-state index in [-0.39, 0.29) is 24.3 Å². The van der Waals surface area contributed by atoms with Crippen molar-refractivity contribution in [3.63, 3.8) is 0 Å². The predicted octanol–water partition coefficient (Wildman–Crippen LogP) is 4.70. The molecule has 0 spiro atoms. The third kappa shape index (κ3) is 5.42. The van der Waals surface area contributed by atoms with E-state index in [0.29, 0.717) is 28.4 Å². The highest BCUT2D eigenvalue weighted by Crippen LogP contribution is 2.34. The summed E-state index contributed by atoms with van der Waals surface area (Å²) in [4.78, 5) is 36.1. The highest BCUT2D eigenvalue weighted by molar-refractivity contribution is 8.00. The number of carbonyl (C=O) groups is 2. The molecule has 0 fully saturated rings. The first-order valence-electron chi connectivity index (χ1n) is 9.92. The number of hydrogen-bond donors (Lipinski definition) is 2. The maximum atomic E-state index is 12.6. The number of thioether (sulfide) groups is 1. The number of anilines is 2. The van der Waals surface area contributed by atoms with Crippen molar-refractivity contribution in [1.29, 1.82) is 0 Å². The van der Waals surface area contributed by atoms with Gasteiger partial charge in [-0.05, 0) is 49.4 Å². The van der Waals surface area contributed by atoms with Gasteiger partial charge in [-0.15, -0.1) is 11.8 Å². The Morgan fingerprint density at radius 2 is 1.70 bits per heavy atom. The van der Waals surface area contributed by atoms with Gasteiger partial charge in [0.05, 0.1) is 10.2 Å². The lowest BCUT2D eigenvalue weighted by Crippen LogP contribution is -2.22. The van der Waals surface area contributed by atoms with Crippen LogP contribution < -0.4 is 20.1 Å². The van der Waals surface area contributed by atoms with Crippen LogP contribution in [0.25, 0.3) is 0 Å². The number of nitro benzene ring substituents is 1. The number of amides is 2. The van der Waals surface area contributed by atoms with Crippen molar-refractivity contribution in [2.24, 2.45) is 0 Å². The molecule has 4 rings (SSSR count). The number of nitrogens with one attached hydrogen (secondary N) is 2. The quantitative estimate of drug-likeness (QED) is 0.295. The number of nitrogens with zero attached hydrogens (tertiary/aromatic N) is 1. The van der Waals surface area contributed by atoms with Crippen LogP contribution in [0.3, 0.4) is 0 Å². The molecule has 1 heterocycles. The maximum absolute atomic E-state index is 12.6. The van der Waals surface area contributed by atoms with Crippen LogP contribution in [0.5, 0.6) is 11.5 Å². The molecule has 1 aliphatic heterocycles. The zero-order valence-corrected chi connectivity index (χ0v) is 18.3. The van der Waals surface area contributed by atoms with E-state index in [1.54, 1.807) is 43.3 Å². The topological polar surface area (TPSA) is 120 Å². The summed E-state index contributed by atoms with van der Waals surface area (Å²) in [7, 11) is 0. The van der Waals surface area contributed by atoms with Crippen molar-refractivity contribution in [1.82, 2.24) is 0 Å². The van der Waals surface area contributed by atoms with Gasteiger partial charge in [0.25, 0.3) is 11.6 Å². The average molecular weight is 465 g/mol. The molecule has 2 N–H and O–H groups in total. The molecule has 1 atom stereocenters. The fourth-order valence-corrected chi connectivity index (χ4v) is 3.99. The molecule has 0 bridgehead atoms. The molecular weight excluding hydrogens is 446 g/mol. The summed E-state index contributed by atoms with van der Waals surface area (Å²) in [6.07, 6.45) is 0. The first-order valence-corrected chi connectivity index (χ1v) is 10.8. The number of fused-ring (bicyclic) bond motifs is 1. The second kappa shape index (κ2) is 9.61. The van der Waals surface area contributed by atoms with Gasteiger partial charge < -0.3 is 20.1 Å². The van der Waals surface area contributed by atoms with Gasteiger partial charge in [0.15, 0.2) is 11.5 Å². The lowest BCUT2D eigenvalue weighted by Gasteiger charge is -2.13. The summed E-state index contributed by atoms with van der Waals surface area (Å²) >= 11 is 1.34. The smallest absolute Gasteiger partial charge is 0.269 e. The Morgan fingerprint density at radius 3 is 2.45 bits per heavy atom. The van der Waals surface area contributed by atoms with Gasteiger partial charge in [-0.1, -0.05) is 6.07 Å². The lowest BCUT2D eigenvalue weighted by atomic mass is 10.2. The first-order chi connectivity index (χ1) is 15.9. The molecule has 0 saturated heterocycles. The standard InChI is InChI=1S/C23H19N3O6S/c1-14(22(27)24-17-7-10-20-21(12-17)32-13-31-20)33-19-4-2-3-16(11-19)25-23(28)15-5-8-18(9-6-15)26(29)30/h2-12,14H,13H2,1H3,(H,24,27)(H,25,28). The van der Waals surface area contributed by atoms with Crippen molar-refractivity contribution in [2.45, 2.75) is 17.1 Å². The van der Waals surface area contributed by atoms with Crippen LogP contribution in [-0.2, 0) is 4.79 Å². The molecular formula is C23H19N3O6S. The summed E-state index contributed by atoms with van der Waals surface area (Å²) < 4.78 is 10.6. The molecule has 168 valence electrons. The van der Waals surface area contributed by atoms with E-state index in [0.717, 1.165) is 4.90 Å². The summed E-state index contributed by atoms with van der Waals surface area (Å²) in [5.41, 5.74) is 1.38. The zero-order valence-electron chi connectivity index (χ0n) is 17.4. The highest BCUT2D eigenvalue weighted by atomic mass is 32.2. The summed E-state index contributed by atoms with van der Waals surface area (Å²) in [6, 6.07) is 17.7. The number of carbonyl (C=O) groups excluding carboxylic acids is 2. The minimum atomic E-state index is -0.522. The minimum absolute atomic E-state index is 0.0852. The van der Waals surface area contributed by atoms with Gasteiger partial charge >= 0.3 is 0 Å². The molecule has 1 unspecified atom stereocenters. The average Bonchev–Trinajstić information content (AvgIpc) is 3.27. The number of benzene rings is 3. The molecule has 0 radical (unpaired) electrons. The van der Waals surface area contributed by atoms with Gasteiger partial charge in [-0.2, -0.15) is 0 Å². The normalized spacial score (nSPS) is 12.6. The molecule has 10 heteroatoms. The van der Waals surface area contributed by atoms with Crippen molar-refractivity contribution in [3.05, 3.63) is 82.4 Å². The fourth-order valence-electron chi connectivity index (χ4n) is 3.06. The molecule has 9 nitrogen and oxygen atoms in total. The van der Waals surface area contributed by atoms with Gasteiger partial charge in [0, 0.05) is 40.0 Å². The number of non-ortho nitro benzene ring substituents is 1. The Hall–Kier alpha value is -4.05. The molecule has 0 saturated carbocycles. The minimum Gasteiger partial charge on any atom is -0.454 e. The summed E-state index contributed by atoms with van der Waals surface area (Å²) in [5.74, 6) is 0.660.